The van der Waals surface area contributed by atoms with E-state index in [2.05, 4.69) is 10.3 Å². The lowest BCUT2D eigenvalue weighted by Gasteiger charge is -2.13. The molecule has 1 atom stereocenters. The second-order valence-electron chi connectivity index (χ2n) is 7.22. The Morgan fingerprint density at radius 1 is 1.13 bits per heavy atom. The summed E-state index contributed by atoms with van der Waals surface area (Å²) >= 11 is 0. The number of hydrogen-bond donors (Lipinski definition) is 1. The van der Waals surface area contributed by atoms with Gasteiger partial charge in [0.15, 0.2) is 0 Å². The molecule has 1 N–H and O–H groups in total. The van der Waals surface area contributed by atoms with Gasteiger partial charge in [-0.3, -0.25) is 4.79 Å². The maximum Gasteiger partial charge on any atom is 0.224 e. The summed E-state index contributed by atoms with van der Waals surface area (Å²) in [7, 11) is 0. The number of aromatic nitrogens is 2. The first-order valence-corrected chi connectivity index (χ1v) is 9.77. The average molecular weight is 403 g/mol. The van der Waals surface area contributed by atoms with Gasteiger partial charge in [0.25, 0.3) is 0 Å². The van der Waals surface area contributed by atoms with E-state index < -0.39 is 0 Å². The van der Waals surface area contributed by atoms with Crippen molar-refractivity contribution in [2.24, 2.45) is 0 Å². The van der Waals surface area contributed by atoms with Gasteiger partial charge in [-0.1, -0.05) is 31.2 Å². The van der Waals surface area contributed by atoms with Crippen LogP contribution >= 0.6 is 0 Å². The molecule has 1 unspecified atom stereocenters. The largest absolute Gasteiger partial charge is 0.487 e. The average Bonchev–Trinajstić information content (AvgIpc) is 3.16. The highest BCUT2D eigenvalue weighted by molar-refractivity contribution is 5.91. The van der Waals surface area contributed by atoms with Gasteiger partial charge < -0.3 is 14.5 Å². The van der Waals surface area contributed by atoms with Crippen LogP contribution in [0.1, 0.15) is 30.5 Å². The number of carbonyl (C=O) groups is 1. The van der Waals surface area contributed by atoms with Gasteiger partial charge in [-0.25, -0.2) is 9.37 Å². The predicted molar refractivity (Wildman–Crippen MR) is 114 cm³/mol. The van der Waals surface area contributed by atoms with Gasteiger partial charge in [-0.2, -0.15) is 0 Å². The van der Waals surface area contributed by atoms with E-state index in [1.54, 1.807) is 18.2 Å². The van der Waals surface area contributed by atoms with Gasteiger partial charge in [-0.15, -0.1) is 0 Å². The monoisotopic (exact) mass is 403 g/mol. The number of anilines is 1. The molecule has 0 aliphatic rings. The van der Waals surface area contributed by atoms with E-state index in [-0.39, 0.29) is 17.6 Å². The fourth-order valence-corrected chi connectivity index (χ4v) is 3.28. The minimum Gasteiger partial charge on any atom is -0.487 e. The molecule has 0 aliphatic heterocycles. The van der Waals surface area contributed by atoms with E-state index >= 15 is 0 Å². The summed E-state index contributed by atoms with van der Waals surface area (Å²) < 4.78 is 20.9. The molecule has 4 aromatic rings. The summed E-state index contributed by atoms with van der Waals surface area (Å²) in [4.78, 5) is 16.9. The van der Waals surface area contributed by atoms with E-state index in [4.69, 9.17) is 4.74 Å². The fraction of sp³-hybridized carbons (Fsp3) is 0.167. The van der Waals surface area contributed by atoms with Crippen LogP contribution in [0.25, 0.3) is 5.65 Å². The van der Waals surface area contributed by atoms with Gasteiger partial charge in [0.05, 0.1) is 5.69 Å². The van der Waals surface area contributed by atoms with Crippen LogP contribution in [-0.2, 0) is 11.4 Å². The number of amides is 1. The van der Waals surface area contributed by atoms with Crippen molar-refractivity contribution in [3.8, 4) is 5.75 Å². The molecular formula is C24H22FN3O2. The number of ether oxygens (including phenoxy) is 1. The summed E-state index contributed by atoms with van der Waals surface area (Å²) in [6.45, 7) is 2.28. The Hall–Kier alpha value is -3.67. The zero-order valence-electron chi connectivity index (χ0n) is 16.6. The molecule has 2 aromatic carbocycles. The van der Waals surface area contributed by atoms with Crippen molar-refractivity contribution in [2.75, 3.05) is 5.32 Å². The number of carbonyl (C=O) groups excluding carboxylic acids is 1. The van der Waals surface area contributed by atoms with Crippen molar-refractivity contribution in [3.63, 3.8) is 0 Å². The van der Waals surface area contributed by atoms with Crippen LogP contribution in [0.5, 0.6) is 5.75 Å². The molecule has 0 radical (unpaired) electrons. The number of benzene rings is 2. The minimum atomic E-state index is -0.282. The van der Waals surface area contributed by atoms with Crippen LogP contribution in [0, 0.1) is 5.82 Å². The number of nitrogens with one attached hydrogen (secondary N) is 1. The Morgan fingerprint density at radius 3 is 2.77 bits per heavy atom. The standard InChI is InChI=1S/C24H22FN3O2/c1-17(18-8-10-19(25)11-9-18)13-24(29)27-20-5-4-6-22(14-20)30-16-21-15-28-12-3-2-7-23(28)26-21/h2-12,14-15,17H,13,16H2,1H3,(H,27,29). The quantitative estimate of drug-likeness (QED) is 0.462. The summed E-state index contributed by atoms with van der Waals surface area (Å²) in [5, 5.41) is 2.90. The van der Waals surface area contributed by atoms with E-state index in [0.29, 0.717) is 24.5 Å². The highest BCUT2D eigenvalue weighted by atomic mass is 19.1. The first-order chi connectivity index (χ1) is 14.6. The van der Waals surface area contributed by atoms with Gasteiger partial charge in [0, 0.05) is 30.6 Å². The van der Waals surface area contributed by atoms with E-state index in [1.807, 2.05) is 60.1 Å². The number of fused-ring (bicyclic) bond motifs is 1. The molecule has 4 rings (SSSR count). The van der Waals surface area contributed by atoms with Crippen molar-refractivity contribution in [1.29, 1.82) is 0 Å². The molecule has 5 nitrogen and oxygen atoms in total. The molecule has 2 aromatic heterocycles. The summed E-state index contributed by atoms with van der Waals surface area (Å²) in [6.07, 6.45) is 4.17. The second-order valence-corrected chi connectivity index (χ2v) is 7.22. The van der Waals surface area contributed by atoms with E-state index in [1.165, 1.54) is 12.1 Å². The highest BCUT2D eigenvalue weighted by Crippen LogP contribution is 2.22. The van der Waals surface area contributed by atoms with Crippen molar-refractivity contribution in [3.05, 3.63) is 96.2 Å². The summed E-state index contributed by atoms with van der Waals surface area (Å²) in [6, 6.07) is 19.3. The summed E-state index contributed by atoms with van der Waals surface area (Å²) in [5.74, 6) is 0.247. The lowest BCUT2D eigenvalue weighted by atomic mass is 9.97. The molecule has 0 spiro atoms. The third-order valence-corrected chi connectivity index (χ3v) is 4.85. The number of nitrogens with zero attached hydrogens (tertiary/aromatic N) is 2. The smallest absolute Gasteiger partial charge is 0.224 e. The third kappa shape index (κ3) is 4.84. The van der Waals surface area contributed by atoms with Crippen molar-refractivity contribution in [1.82, 2.24) is 9.38 Å². The first kappa shape index (κ1) is 19.6. The lowest BCUT2D eigenvalue weighted by molar-refractivity contribution is -0.116. The van der Waals surface area contributed by atoms with Gasteiger partial charge in [0.1, 0.15) is 23.8 Å². The molecule has 152 valence electrons. The predicted octanol–water partition coefficient (Wildman–Crippen LogP) is 5.18. The Labute approximate surface area is 174 Å². The highest BCUT2D eigenvalue weighted by Gasteiger charge is 2.12. The van der Waals surface area contributed by atoms with Crippen molar-refractivity contribution in [2.45, 2.75) is 25.9 Å². The Bertz CT molecular complexity index is 1120. The molecule has 30 heavy (non-hydrogen) atoms. The molecule has 6 heteroatoms. The number of imidazole rings is 1. The summed E-state index contributed by atoms with van der Waals surface area (Å²) in [5.41, 5.74) is 3.28. The number of rotatable bonds is 7. The lowest BCUT2D eigenvalue weighted by Crippen LogP contribution is -2.14. The van der Waals surface area contributed by atoms with Crippen LogP contribution in [0.3, 0.4) is 0 Å². The number of halogens is 1. The normalized spacial score (nSPS) is 11.9. The fourth-order valence-electron chi connectivity index (χ4n) is 3.28. The first-order valence-electron chi connectivity index (χ1n) is 9.77. The van der Waals surface area contributed by atoms with Crippen LogP contribution in [0.2, 0.25) is 0 Å². The zero-order chi connectivity index (χ0) is 20.9. The molecule has 2 heterocycles. The van der Waals surface area contributed by atoms with Crippen LogP contribution in [-0.4, -0.2) is 15.3 Å². The van der Waals surface area contributed by atoms with E-state index in [9.17, 15) is 9.18 Å². The van der Waals surface area contributed by atoms with Gasteiger partial charge in [-0.05, 0) is 47.9 Å². The van der Waals surface area contributed by atoms with Crippen molar-refractivity contribution < 1.29 is 13.9 Å². The van der Waals surface area contributed by atoms with Crippen LogP contribution < -0.4 is 10.1 Å². The number of hydrogen-bond acceptors (Lipinski definition) is 3. The molecule has 0 aliphatic carbocycles. The maximum atomic E-state index is 13.1. The third-order valence-electron chi connectivity index (χ3n) is 4.85. The van der Waals surface area contributed by atoms with Gasteiger partial charge in [0.2, 0.25) is 5.91 Å². The zero-order valence-corrected chi connectivity index (χ0v) is 16.6. The Balaban J connectivity index is 1.34. The molecular weight excluding hydrogens is 381 g/mol. The maximum absolute atomic E-state index is 13.1. The molecule has 0 saturated carbocycles. The topological polar surface area (TPSA) is 55.6 Å². The molecule has 0 saturated heterocycles. The van der Waals surface area contributed by atoms with Gasteiger partial charge >= 0.3 is 0 Å². The molecule has 0 bridgehead atoms. The minimum absolute atomic E-state index is 0.0138. The number of pyridine rings is 1. The Morgan fingerprint density at radius 2 is 1.97 bits per heavy atom. The second kappa shape index (κ2) is 8.78. The molecule has 0 fully saturated rings. The Kier molecular flexibility index (Phi) is 5.75. The van der Waals surface area contributed by atoms with Crippen LogP contribution in [0.4, 0.5) is 10.1 Å². The van der Waals surface area contributed by atoms with Crippen molar-refractivity contribution >= 4 is 17.2 Å². The molecule has 1 amide bonds. The van der Waals surface area contributed by atoms with E-state index in [0.717, 1.165) is 16.9 Å². The SMILES string of the molecule is CC(CC(=O)Nc1cccc(OCc2cn3ccccc3n2)c1)c1ccc(F)cc1. The van der Waals surface area contributed by atoms with Crippen LogP contribution in [0.15, 0.2) is 79.1 Å².